The number of para-hydroxylation sites is 1. The van der Waals surface area contributed by atoms with Crippen LogP contribution in [0.1, 0.15) is 42.6 Å². The van der Waals surface area contributed by atoms with E-state index in [1.807, 2.05) is 68.4 Å². The summed E-state index contributed by atoms with van der Waals surface area (Å²) < 4.78 is 5.26. The quantitative estimate of drug-likeness (QED) is 0.203. The summed E-state index contributed by atoms with van der Waals surface area (Å²) in [5, 5.41) is 3.24. The maximum Gasteiger partial charge on any atom is 0.338 e. The van der Waals surface area contributed by atoms with Crippen LogP contribution in [0.4, 0.5) is 11.4 Å². The molecule has 1 N–H and O–H groups in total. The number of imide groups is 1. The second kappa shape index (κ2) is 11.7. The second-order valence-corrected chi connectivity index (χ2v) is 9.32. The number of rotatable bonds is 10. The molecule has 0 aromatic heterocycles. The van der Waals surface area contributed by atoms with Gasteiger partial charge < -0.3 is 10.1 Å². The lowest BCUT2D eigenvalue weighted by Gasteiger charge is -2.16. The Labute approximate surface area is 215 Å². The molecule has 3 aromatic rings. The number of amides is 2. The Morgan fingerprint density at radius 3 is 2.28 bits per heavy atom. The number of benzene rings is 3. The van der Waals surface area contributed by atoms with Crippen LogP contribution in [0.25, 0.3) is 0 Å². The lowest BCUT2D eigenvalue weighted by atomic mass is 10.1. The molecule has 0 saturated carbocycles. The third kappa shape index (κ3) is 5.52. The van der Waals surface area contributed by atoms with Crippen molar-refractivity contribution in [2.75, 3.05) is 16.8 Å². The van der Waals surface area contributed by atoms with E-state index in [0.717, 1.165) is 40.3 Å². The van der Waals surface area contributed by atoms with Crippen molar-refractivity contribution >= 4 is 40.9 Å². The third-order valence-electron chi connectivity index (χ3n) is 5.75. The maximum absolute atomic E-state index is 13.6. The van der Waals surface area contributed by atoms with Crippen LogP contribution in [0.2, 0.25) is 0 Å². The number of thioether (sulfide) groups is 1. The van der Waals surface area contributed by atoms with Gasteiger partial charge in [-0.3, -0.25) is 9.59 Å². The highest BCUT2D eigenvalue weighted by Gasteiger charge is 2.40. The number of aryl methyl sites for hydroxylation is 1. The topological polar surface area (TPSA) is 75.7 Å². The van der Waals surface area contributed by atoms with E-state index in [2.05, 4.69) is 5.32 Å². The number of unbranched alkanes of at least 4 members (excludes halogenated alkanes) is 1. The van der Waals surface area contributed by atoms with E-state index in [4.69, 9.17) is 4.74 Å². The Balaban J connectivity index is 1.64. The molecule has 6 nitrogen and oxygen atoms in total. The molecular formula is C29H28N2O4S. The van der Waals surface area contributed by atoms with Crippen LogP contribution >= 0.6 is 11.8 Å². The van der Waals surface area contributed by atoms with Crippen molar-refractivity contribution in [1.82, 2.24) is 0 Å². The summed E-state index contributed by atoms with van der Waals surface area (Å²) in [6, 6.07) is 23.5. The summed E-state index contributed by atoms with van der Waals surface area (Å²) in [4.78, 5) is 41.7. The molecule has 2 amide bonds. The van der Waals surface area contributed by atoms with Gasteiger partial charge >= 0.3 is 5.97 Å². The Morgan fingerprint density at radius 2 is 1.58 bits per heavy atom. The fourth-order valence-electron chi connectivity index (χ4n) is 3.78. The Morgan fingerprint density at radius 1 is 0.889 bits per heavy atom. The largest absolute Gasteiger partial charge is 0.462 e. The smallest absolute Gasteiger partial charge is 0.338 e. The molecule has 0 spiro atoms. The van der Waals surface area contributed by atoms with Crippen molar-refractivity contribution in [3.8, 4) is 0 Å². The van der Waals surface area contributed by atoms with Crippen molar-refractivity contribution in [3.63, 3.8) is 0 Å². The van der Waals surface area contributed by atoms with Crippen LogP contribution in [0.3, 0.4) is 0 Å². The molecule has 36 heavy (non-hydrogen) atoms. The highest BCUT2D eigenvalue weighted by molar-refractivity contribution is 8.04. The van der Waals surface area contributed by atoms with Crippen molar-refractivity contribution in [3.05, 3.63) is 101 Å². The molecular weight excluding hydrogens is 472 g/mol. The molecule has 1 heterocycles. The minimum absolute atomic E-state index is 0.234. The van der Waals surface area contributed by atoms with E-state index in [1.165, 1.54) is 11.8 Å². The number of carbonyl (C=O) groups excluding carboxylic acids is 3. The highest BCUT2D eigenvalue weighted by atomic mass is 32.2. The zero-order chi connectivity index (χ0) is 25.5. The van der Waals surface area contributed by atoms with Crippen molar-refractivity contribution in [1.29, 1.82) is 0 Å². The monoisotopic (exact) mass is 500 g/mol. The molecule has 7 heteroatoms. The lowest BCUT2D eigenvalue weighted by Crippen LogP contribution is -2.32. The number of hydrogen-bond acceptors (Lipinski definition) is 6. The molecule has 3 aromatic carbocycles. The number of esters is 1. The summed E-state index contributed by atoms with van der Waals surface area (Å²) in [6.07, 6.45) is 2.51. The van der Waals surface area contributed by atoms with Gasteiger partial charge in [-0.25, -0.2) is 9.69 Å². The zero-order valence-electron chi connectivity index (χ0n) is 20.3. The normalized spacial score (nSPS) is 13.3. The SMILES string of the molecule is CCCCOC(=O)c1ccc(N2C(=O)C(Nc3ccccc3CC)=C(Sc3ccccc3)C2=O)cc1. The van der Waals surface area contributed by atoms with E-state index in [0.29, 0.717) is 22.8 Å². The molecule has 184 valence electrons. The summed E-state index contributed by atoms with van der Waals surface area (Å²) in [7, 11) is 0. The number of anilines is 2. The molecule has 4 rings (SSSR count). The first-order valence-corrected chi connectivity index (χ1v) is 12.8. The van der Waals surface area contributed by atoms with Gasteiger partial charge in [0.15, 0.2) is 0 Å². The minimum atomic E-state index is -0.442. The molecule has 1 aliphatic heterocycles. The first-order valence-electron chi connectivity index (χ1n) is 12.0. The molecule has 0 fully saturated rings. The number of hydrogen-bond donors (Lipinski definition) is 1. The van der Waals surface area contributed by atoms with E-state index in [1.54, 1.807) is 24.3 Å². The summed E-state index contributed by atoms with van der Waals surface area (Å²) in [5.74, 6) is -1.28. The van der Waals surface area contributed by atoms with E-state index in [-0.39, 0.29) is 5.70 Å². The number of carbonyl (C=O) groups is 3. The third-order valence-corrected chi connectivity index (χ3v) is 6.85. The predicted octanol–water partition coefficient (Wildman–Crippen LogP) is 6.20. The fraction of sp³-hybridized carbons (Fsp3) is 0.207. The molecule has 1 aliphatic rings. The van der Waals surface area contributed by atoms with Gasteiger partial charge in [-0.1, -0.05) is 68.4 Å². The first kappa shape index (κ1) is 25.3. The van der Waals surface area contributed by atoms with Crippen LogP contribution < -0.4 is 10.2 Å². The predicted molar refractivity (Wildman–Crippen MR) is 143 cm³/mol. The maximum atomic E-state index is 13.6. The highest BCUT2D eigenvalue weighted by Crippen LogP contribution is 2.38. The second-order valence-electron chi connectivity index (χ2n) is 8.24. The average Bonchev–Trinajstić information content (AvgIpc) is 3.13. The zero-order valence-corrected chi connectivity index (χ0v) is 21.1. The number of nitrogens with one attached hydrogen (secondary N) is 1. The Bertz CT molecular complexity index is 1290. The molecule has 0 saturated heterocycles. The van der Waals surface area contributed by atoms with E-state index < -0.39 is 17.8 Å². The molecule has 0 aliphatic carbocycles. The van der Waals surface area contributed by atoms with E-state index in [9.17, 15) is 14.4 Å². The Kier molecular flexibility index (Phi) is 8.23. The lowest BCUT2D eigenvalue weighted by molar-refractivity contribution is -0.120. The van der Waals surface area contributed by atoms with Crippen LogP contribution in [0.5, 0.6) is 0 Å². The molecule has 0 unspecified atom stereocenters. The van der Waals surface area contributed by atoms with Crippen LogP contribution in [0, 0.1) is 0 Å². The summed E-state index contributed by atoms with van der Waals surface area (Å²) in [6.45, 7) is 4.42. The van der Waals surface area contributed by atoms with Crippen LogP contribution in [-0.4, -0.2) is 24.4 Å². The van der Waals surface area contributed by atoms with E-state index >= 15 is 0 Å². The average molecular weight is 501 g/mol. The summed E-state index contributed by atoms with van der Waals surface area (Å²) >= 11 is 1.25. The fourth-order valence-corrected chi connectivity index (χ4v) is 4.73. The van der Waals surface area contributed by atoms with Crippen molar-refractivity contribution < 1.29 is 19.1 Å². The van der Waals surface area contributed by atoms with Gasteiger partial charge in [-0.05, 0) is 60.9 Å². The van der Waals surface area contributed by atoms with Gasteiger partial charge in [0, 0.05) is 10.6 Å². The van der Waals surface area contributed by atoms with Gasteiger partial charge in [0.25, 0.3) is 11.8 Å². The van der Waals surface area contributed by atoms with Crippen LogP contribution in [0.15, 0.2) is 94.4 Å². The van der Waals surface area contributed by atoms with Crippen molar-refractivity contribution in [2.45, 2.75) is 38.0 Å². The van der Waals surface area contributed by atoms with Gasteiger partial charge in [0.1, 0.15) is 10.6 Å². The number of nitrogens with zero attached hydrogens (tertiary/aromatic N) is 1. The van der Waals surface area contributed by atoms with Gasteiger partial charge in [0.2, 0.25) is 0 Å². The van der Waals surface area contributed by atoms with Gasteiger partial charge in [0.05, 0.1) is 17.9 Å². The minimum Gasteiger partial charge on any atom is -0.462 e. The molecule has 0 atom stereocenters. The standard InChI is InChI=1S/C29H28N2O4S/c1-3-5-19-35-29(34)21-15-17-22(18-16-21)31-27(32)25(30-24-14-10-9-11-20(24)4-2)26(28(31)33)36-23-12-7-6-8-13-23/h6-18,30H,3-5,19H2,1-2H3. The number of ether oxygens (including phenoxy) is 1. The van der Waals surface area contributed by atoms with Gasteiger partial charge in [-0.2, -0.15) is 0 Å². The van der Waals surface area contributed by atoms with Gasteiger partial charge in [-0.15, -0.1) is 0 Å². The first-order chi connectivity index (χ1) is 17.5. The van der Waals surface area contributed by atoms with Crippen molar-refractivity contribution in [2.24, 2.45) is 0 Å². The Hall–Kier alpha value is -3.84. The van der Waals surface area contributed by atoms with Crippen LogP contribution in [-0.2, 0) is 20.7 Å². The molecule has 0 bridgehead atoms. The molecule has 0 radical (unpaired) electrons. The summed E-state index contributed by atoms with van der Waals surface area (Å²) in [5.41, 5.74) is 2.82.